The second-order valence-corrected chi connectivity index (χ2v) is 6.58. The van der Waals surface area contributed by atoms with Crippen LogP contribution in [0.2, 0.25) is 0 Å². The number of amides is 1. The van der Waals surface area contributed by atoms with Crippen molar-refractivity contribution in [2.75, 3.05) is 31.5 Å². The third-order valence-electron chi connectivity index (χ3n) is 4.84. The lowest BCUT2D eigenvalue weighted by molar-refractivity contribution is 0.168. The minimum Gasteiger partial charge on any atom is -0.359 e. The van der Waals surface area contributed by atoms with E-state index in [-0.39, 0.29) is 11.8 Å². The van der Waals surface area contributed by atoms with Crippen molar-refractivity contribution in [2.24, 2.45) is 0 Å². The molecule has 9 heteroatoms. The average molecular weight is 369 g/mol. The van der Waals surface area contributed by atoms with Crippen molar-refractivity contribution < 1.29 is 9.18 Å². The summed E-state index contributed by atoms with van der Waals surface area (Å²) in [6.07, 6.45) is 6.03. The van der Waals surface area contributed by atoms with Crippen LogP contribution in [0.25, 0.3) is 0 Å². The number of halogens is 1. The number of aryl methyl sites for hydroxylation is 1. The van der Waals surface area contributed by atoms with Crippen molar-refractivity contribution in [3.05, 3.63) is 54.0 Å². The molecule has 27 heavy (non-hydrogen) atoms. The number of nitrogens with zero attached hydrogens (tertiary/aromatic N) is 5. The number of allylic oxidation sites excluding steroid dienone is 1. The Kier molecular flexibility index (Phi) is 4.57. The molecule has 0 spiro atoms. The summed E-state index contributed by atoms with van der Waals surface area (Å²) in [7, 11) is 0. The van der Waals surface area contributed by atoms with E-state index in [4.69, 9.17) is 5.41 Å². The first kappa shape index (κ1) is 17.2. The SMILES string of the molecule is N=C(/C=C1/CCc2cc(F)ccc2N1)N1CCN(C(=O)n2cncn2)CC1. The molecule has 1 saturated heterocycles. The summed E-state index contributed by atoms with van der Waals surface area (Å²) in [4.78, 5) is 19.7. The van der Waals surface area contributed by atoms with Gasteiger partial charge < -0.3 is 15.1 Å². The standard InChI is InChI=1S/C18H20FN7O/c19-14-2-4-16-13(9-14)1-3-15(23-16)10-17(20)24-5-7-25(8-6-24)18(27)26-12-21-11-22-26/h2,4,9-12,20,23H,1,3,5-8H2/b15-10-,20-17?. The summed E-state index contributed by atoms with van der Waals surface area (Å²) in [6, 6.07) is 4.52. The number of carbonyl (C=O) groups excluding carboxylic acids is 1. The minimum atomic E-state index is -0.228. The fourth-order valence-corrected chi connectivity index (χ4v) is 3.35. The van der Waals surface area contributed by atoms with Gasteiger partial charge in [0.25, 0.3) is 0 Å². The molecule has 1 aromatic heterocycles. The second kappa shape index (κ2) is 7.18. The quantitative estimate of drug-likeness (QED) is 0.592. The Bertz CT molecular complexity index is 885. The van der Waals surface area contributed by atoms with Crippen molar-refractivity contribution in [3.63, 3.8) is 0 Å². The molecule has 3 heterocycles. The maximum atomic E-state index is 13.3. The Morgan fingerprint density at radius 3 is 2.70 bits per heavy atom. The van der Waals surface area contributed by atoms with E-state index in [1.807, 2.05) is 11.0 Å². The van der Waals surface area contributed by atoms with Crippen LogP contribution in [0, 0.1) is 11.2 Å². The van der Waals surface area contributed by atoms with Crippen LogP contribution in [0.3, 0.4) is 0 Å². The van der Waals surface area contributed by atoms with E-state index in [0.29, 0.717) is 32.0 Å². The number of carbonyl (C=O) groups is 1. The maximum Gasteiger partial charge on any atom is 0.346 e. The lowest BCUT2D eigenvalue weighted by Crippen LogP contribution is -2.51. The van der Waals surface area contributed by atoms with E-state index in [1.54, 1.807) is 17.0 Å². The number of benzene rings is 1. The Hall–Kier alpha value is -3.23. The zero-order valence-electron chi connectivity index (χ0n) is 14.7. The second-order valence-electron chi connectivity index (χ2n) is 6.58. The van der Waals surface area contributed by atoms with Crippen LogP contribution in [0.1, 0.15) is 12.0 Å². The van der Waals surface area contributed by atoms with Gasteiger partial charge in [0.05, 0.1) is 0 Å². The van der Waals surface area contributed by atoms with Crippen molar-refractivity contribution in [2.45, 2.75) is 12.8 Å². The Balaban J connectivity index is 1.35. The van der Waals surface area contributed by atoms with Crippen molar-refractivity contribution in [1.29, 1.82) is 5.41 Å². The van der Waals surface area contributed by atoms with Gasteiger partial charge in [-0.25, -0.2) is 14.2 Å². The van der Waals surface area contributed by atoms with E-state index in [1.165, 1.54) is 23.4 Å². The molecular weight excluding hydrogens is 349 g/mol. The summed E-state index contributed by atoms with van der Waals surface area (Å²) < 4.78 is 14.5. The first-order chi connectivity index (χ1) is 13.1. The molecule has 0 bridgehead atoms. The van der Waals surface area contributed by atoms with Crippen LogP contribution < -0.4 is 5.32 Å². The minimum absolute atomic E-state index is 0.199. The van der Waals surface area contributed by atoms with Gasteiger partial charge in [-0.1, -0.05) is 0 Å². The Morgan fingerprint density at radius 2 is 1.96 bits per heavy atom. The van der Waals surface area contributed by atoms with Gasteiger partial charge in [-0.15, -0.1) is 0 Å². The lowest BCUT2D eigenvalue weighted by Gasteiger charge is -2.35. The smallest absolute Gasteiger partial charge is 0.346 e. The van der Waals surface area contributed by atoms with Gasteiger partial charge in [0.15, 0.2) is 0 Å². The molecule has 1 amide bonds. The molecule has 140 valence electrons. The highest BCUT2D eigenvalue weighted by Gasteiger charge is 2.24. The lowest BCUT2D eigenvalue weighted by atomic mass is 10.0. The molecule has 0 atom stereocenters. The highest BCUT2D eigenvalue weighted by molar-refractivity contribution is 5.91. The molecule has 0 saturated carbocycles. The number of hydrogen-bond donors (Lipinski definition) is 2. The van der Waals surface area contributed by atoms with Crippen LogP contribution >= 0.6 is 0 Å². The summed E-state index contributed by atoms with van der Waals surface area (Å²) in [5.41, 5.74) is 2.80. The third kappa shape index (κ3) is 3.67. The molecule has 2 aliphatic heterocycles. The highest BCUT2D eigenvalue weighted by atomic mass is 19.1. The molecular formula is C18H20FN7O. The summed E-state index contributed by atoms with van der Waals surface area (Å²) in [5, 5.41) is 15.5. The molecule has 2 aliphatic rings. The Morgan fingerprint density at radius 1 is 1.19 bits per heavy atom. The van der Waals surface area contributed by atoms with Gasteiger partial charge >= 0.3 is 6.03 Å². The van der Waals surface area contributed by atoms with Gasteiger partial charge in [-0.2, -0.15) is 9.78 Å². The van der Waals surface area contributed by atoms with Crippen molar-refractivity contribution >= 4 is 17.6 Å². The number of piperazine rings is 1. The van der Waals surface area contributed by atoms with Gasteiger partial charge in [-0.05, 0) is 42.7 Å². The van der Waals surface area contributed by atoms with Crippen molar-refractivity contribution in [3.8, 4) is 0 Å². The number of nitrogens with one attached hydrogen (secondary N) is 2. The summed E-state index contributed by atoms with van der Waals surface area (Å²) in [5.74, 6) is 0.185. The van der Waals surface area contributed by atoms with E-state index in [0.717, 1.165) is 29.8 Å². The number of aromatic nitrogens is 3. The van der Waals surface area contributed by atoms with Gasteiger partial charge in [-0.3, -0.25) is 5.41 Å². The largest absolute Gasteiger partial charge is 0.359 e. The summed E-state index contributed by atoms with van der Waals surface area (Å²) >= 11 is 0. The number of anilines is 1. The fraction of sp³-hybridized carbons (Fsp3) is 0.333. The van der Waals surface area contributed by atoms with Crippen LogP contribution in [0.5, 0.6) is 0 Å². The monoisotopic (exact) mass is 369 g/mol. The molecule has 0 unspecified atom stereocenters. The maximum absolute atomic E-state index is 13.3. The van der Waals surface area contributed by atoms with Gasteiger partial charge in [0.1, 0.15) is 24.3 Å². The number of hydrogen-bond acceptors (Lipinski definition) is 5. The molecule has 2 aromatic rings. The van der Waals surface area contributed by atoms with Gasteiger partial charge in [0, 0.05) is 37.6 Å². The normalized spacial score (nSPS) is 18.2. The molecule has 1 aromatic carbocycles. The van der Waals surface area contributed by atoms with Gasteiger partial charge in [0.2, 0.25) is 0 Å². The average Bonchev–Trinajstić information content (AvgIpc) is 3.22. The first-order valence-electron chi connectivity index (χ1n) is 8.83. The predicted molar refractivity (Wildman–Crippen MR) is 98.1 cm³/mol. The molecule has 0 aliphatic carbocycles. The van der Waals surface area contributed by atoms with Crippen LogP contribution in [0.4, 0.5) is 14.9 Å². The molecule has 2 N–H and O–H groups in total. The Labute approximate surface area is 155 Å². The van der Waals surface area contributed by atoms with Crippen LogP contribution in [-0.2, 0) is 6.42 Å². The number of fused-ring (bicyclic) bond motifs is 1. The fourth-order valence-electron chi connectivity index (χ4n) is 3.35. The molecule has 8 nitrogen and oxygen atoms in total. The summed E-state index contributed by atoms with van der Waals surface area (Å²) in [6.45, 7) is 2.23. The zero-order chi connectivity index (χ0) is 18.8. The molecule has 1 fully saturated rings. The predicted octanol–water partition coefficient (Wildman–Crippen LogP) is 1.92. The van der Waals surface area contributed by atoms with Crippen LogP contribution in [-0.4, -0.2) is 62.6 Å². The molecule has 0 radical (unpaired) electrons. The molecule has 4 rings (SSSR count). The first-order valence-corrected chi connectivity index (χ1v) is 8.83. The van der Waals surface area contributed by atoms with E-state index in [2.05, 4.69) is 15.4 Å². The van der Waals surface area contributed by atoms with Crippen LogP contribution in [0.15, 0.2) is 42.6 Å². The number of rotatable bonds is 1. The van der Waals surface area contributed by atoms with Crippen molar-refractivity contribution in [1.82, 2.24) is 24.6 Å². The topological polar surface area (TPSA) is 90.1 Å². The van der Waals surface area contributed by atoms with E-state index < -0.39 is 0 Å². The highest BCUT2D eigenvalue weighted by Crippen LogP contribution is 2.27. The van der Waals surface area contributed by atoms with E-state index in [9.17, 15) is 9.18 Å². The zero-order valence-corrected chi connectivity index (χ0v) is 14.7. The third-order valence-corrected chi connectivity index (χ3v) is 4.84. The van der Waals surface area contributed by atoms with E-state index >= 15 is 0 Å². The number of amidine groups is 1.